The molecule has 0 saturated heterocycles. The van der Waals surface area contributed by atoms with Gasteiger partial charge in [-0.05, 0) is 37.3 Å². The molecule has 0 bridgehead atoms. The summed E-state index contributed by atoms with van der Waals surface area (Å²) in [6.07, 6.45) is -0.868. The van der Waals surface area contributed by atoms with E-state index in [4.69, 9.17) is 4.42 Å². The van der Waals surface area contributed by atoms with Gasteiger partial charge in [0, 0.05) is 5.56 Å². The van der Waals surface area contributed by atoms with Crippen LogP contribution in [0.15, 0.2) is 34.7 Å². The molecule has 0 radical (unpaired) electrons. The number of carbonyl (C=O) groups is 1. The average molecular weight is 303 g/mol. The first-order valence-electron chi connectivity index (χ1n) is 6.38. The zero-order valence-electron chi connectivity index (χ0n) is 11.2. The van der Waals surface area contributed by atoms with Crippen LogP contribution >= 0.6 is 11.7 Å². The first-order chi connectivity index (χ1) is 10.1. The predicted octanol–water partition coefficient (Wildman–Crippen LogP) is 2.06. The highest BCUT2D eigenvalue weighted by Crippen LogP contribution is 2.16. The van der Waals surface area contributed by atoms with Gasteiger partial charge in [-0.1, -0.05) is 0 Å². The lowest BCUT2D eigenvalue weighted by atomic mass is 10.2. The monoisotopic (exact) mass is 303 g/mol. The van der Waals surface area contributed by atoms with Crippen molar-refractivity contribution >= 4 is 28.7 Å². The smallest absolute Gasteiger partial charge is 0.251 e. The van der Waals surface area contributed by atoms with Gasteiger partial charge >= 0.3 is 0 Å². The Kier molecular flexibility index (Phi) is 3.68. The normalized spacial score (nSPS) is 12.5. The standard InChI is InChI=1S/C14H13N3O3S/c1-8-2-5-13(20-8)12(18)7-15-14(19)9-3-4-10-11(6-9)17-21-16-10/h2-6,12,18H,7H2,1H3,(H,15,19). The molecule has 2 aromatic heterocycles. The molecule has 2 N–H and O–H groups in total. The number of fused-ring (bicyclic) bond motifs is 1. The Morgan fingerprint density at radius 3 is 2.90 bits per heavy atom. The predicted molar refractivity (Wildman–Crippen MR) is 78.2 cm³/mol. The molecule has 0 fully saturated rings. The molecule has 0 spiro atoms. The van der Waals surface area contributed by atoms with Crippen LogP contribution in [-0.4, -0.2) is 26.3 Å². The first-order valence-corrected chi connectivity index (χ1v) is 7.11. The van der Waals surface area contributed by atoms with Crippen LogP contribution in [0.5, 0.6) is 0 Å². The Labute approximate surface area is 124 Å². The summed E-state index contributed by atoms with van der Waals surface area (Å²) in [4.78, 5) is 12.1. The van der Waals surface area contributed by atoms with Gasteiger partial charge < -0.3 is 14.8 Å². The Morgan fingerprint density at radius 1 is 1.33 bits per heavy atom. The van der Waals surface area contributed by atoms with Gasteiger partial charge in [0.1, 0.15) is 28.7 Å². The van der Waals surface area contributed by atoms with Gasteiger partial charge in [-0.3, -0.25) is 4.79 Å². The van der Waals surface area contributed by atoms with Gasteiger partial charge in [-0.15, -0.1) is 0 Å². The van der Waals surface area contributed by atoms with Gasteiger partial charge in [0.2, 0.25) is 0 Å². The molecule has 0 aliphatic carbocycles. The summed E-state index contributed by atoms with van der Waals surface area (Å²) in [7, 11) is 0. The molecule has 108 valence electrons. The van der Waals surface area contributed by atoms with Gasteiger partial charge in [0.05, 0.1) is 18.3 Å². The first kappa shape index (κ1) is 13.7. The maximum atomic E-state index is 12.1. The molecule has 1 aromatic carbocycles. The summed E-state index contributed by atoms with van der Waals surface area (Å²) in [5.41, 5.74) is 1.94. The van der Waals surface area contributed by atoms with Crippen molar-refractivity contribution in [1.29, 1.82) is 0 Å². The third-order valence-electron chi connectivity index (χ3n) is 3.06. The van der Waals surface area contributed by atoms with Crippen LogP contribution in [0.2, 0.25) is 0 Å². The van der Waals surface area contributed by atoms with Crippen LogP contribution in [0.4, 0.5) is 0 Å². The highest BCUT2D eigenvalue weighted by Gasteiger charge is 2.14. The number of nitrogens with zero attached hydrogens (tertiary/aromatic N) is 2. The third kappa shape index (κ3) is 2.93. The number of aryl methyl sites for hydroxylation is 1. The summed E-state index contributed by atoms with van der Waals surface area (Å²) in [6, 6.07) is 8.57. The van der Waals surface area contributed by atoms with E-state index in [1.165, 1.54) is 0 Å². The van der Waals surface area contributed by atoms with Crippen LogP contribution in [-0.2, 0) is 0 Å². The number of nitrogens with one attached hydrogen (secondary N) is 1. The molecule has 21 heavy (non-hydrogen) atoms. The van der Waals surface area contributed by atoms with Crippen LogP contribution in [0.3, 0.4) is 0 Å². The van der Waals surface area contributed by atoms with Crippen molar-refractivity contribution < 1.29 is 14.3 Å². The Bertz CT molecular complexity index is 780. The molecule has 1 atom stereocenters. The van der Waals surface area contributed by atoms with Crippen molar-refractivity contribution in [3.05, 3.63) is 47.4 Å². The van der Waals surface area contributed by atoms with Crippen molar-refractivity contribution in [3.8, 4) is 0 Å². The van der Waals surface area contributed by atoms with E-state index >= 15 is 0 Å². The highest BCUT2D eigenvalue weighted by atomic mass is 32.1. The minimum Gasteiger partial charge on any atom is -0.464 e. The molecule has 3 rings (SSSR count). The van der Waals surface area contributed by atoms with Crippen molar-refractivity contribution in [2.45, 2.75) is 13.0 Å². The molecule has 1 amide bonds. The fraction of sp³-hybridized carbons (Fsp3) is 0.214. The summed E-state index contributed by atoms with van der Waals surface area (Å²) in [5, 5.41) is 12.6. The van der Waals surface area contributed by atoms with Gasteiger partial charge in [0.15, 0.2) is 0 Å². The number of carbonyl (C=O) groups excluding carboxylic acids is 1. The number of aromatic nitrogens is 2. The van der Waals surface area contributed by atoms with E-state index in [1.807, 2.05) is 0 Å². The number of benzene rings is 1. The van der Waals surface area contributed by atoms with Crippen LogP contribution in [0, 0.1) is 6.92 Å². The molecule has 1 unspecified atom stereocenters. The molecular weight excluding hydrogens is 290 g/mol. The number of rotatable bonds is 4. The summed E-state index contributed by atoms with van der Waals surface area (Å²) in [6.45, 7) is 1.88. The maximum Gasteiger partial charge on any atom is 0.251 e. The molecule has 2 heterocycles. The lowest BCUT2D eigenvalue weighted by Gasteiger charge is -2.09. The topological polar surface area (TPSA) is 88.2 Å². The van der Waals surface area contributed by atoms with E-state index in [-0.39, 0.29) is 12.5 Å². The lowest BCUT2D eigenvalue weighted by molar-refractivity contribution is 0.0900. The van der Waals surface area contributed by atoms with Gasteiger partial charge in [-0.2, -0.15) is 8.75 Å². The van der Waals surface area contributed by atoms with Gasteiger partial charge in [0.25, 0.3) is 5.91 Å². The van der Waals surface area contributed by atoms with Crippen LogP contribution in [0.25, 0.3) is 11.0 Å². The number of amides is 1. The fourth-order valence-corrected chi connectivity index (χ4v) is 2.47. The Balaban J connectivity index is 1.65. The van der Waals surface area contributed by atoms with Crippen molar-refractivity contribution in [3.63, 3.8) is 0 Å². The zero-order valence-corrected chi connectivity index (χ0v) is 12.1. The number of aliphatic hydroxyl groups is 1. The van der Waals surface area contributed by atoms with Crippen LogP contribution in [0.1, 0.15) is 28.0 Å². The van der Waals surface area contributed by atoms with E-state index in [0.717, 1.165) is 23.0 Å². The molecule has 0 saturated carbocycles. The summed E-state index contributed by atoms with van der Waals surface area (Å²) in [5.74, 6) is 0.885. The lowest BCUT2D eigenvalue weighted by Crippen LogP contribution is -2.28. The molecule has 0 aliphatic heterocycles. The molecule has 6 nitrogen and oxygen atoms in total. The number of hydrogen-bond acceptors (Lipinski definition) is 6. The summed E-state index contributed by atoms with van der Waals surface area (Å²) < 4.78 is 13.5. The Morgan fingerprint density at radius 2 is 2.14 bits per heavy atom. The quantitative estimate of drug-likeness (QED) is 0.770. The summed E-state index contributed by atoms with van der Waals surface area (Å²) >= 11 is 1.11. The molecule has 3 aromatic rings. The minimum atomic E-state index is -0.868. The zero-order chi connectivity index (χ0) is 14.8. The van der Waals surface area contributed by atoms with Crippen molar-refractivity contribution in [1.82, 2.24) is 14.1 Å². The van der Waals surface area contributed by atoms with E-state index in [1.54, 1.807) is 37.3 Å². The van der Waals surface area contributed by atoms with Crippen molar-refractivity contribution in [2.75, 3.05) is 6.54 Å². The molecular formula is C14H13N3O3S. The SMILES string of the molecule is Cc1ccc(C(O)CNC(=O)c2ccc3nsnc3c2)o1. The van der Waals surface area contributed by atoms with E-state index < -0.39 is 6.10 Å². The third-order valence-corrected chi connectivity index (χ3v) is 3.62. The second-order valence-electron chi connectivity index (χ2n) is 4.64. The number of aliphatic hydroxyl groups excluding tert-OH is 1. The van der Waals surface area contributed by atoms with Crippen molar-refractivity contribution in [2.24, 2.45) is 0 Å². The molecule has 0 aliphatic rings. The molecule has 7 heteroatoms. The number of hydrogen-bond donors (Lipinski definition) is 2. The Hall–Kier alpha value is -2.25. The number of furan rings is 1. The van der Waals surface area contributed by atoms with Gasteiger partial charge in [-0.25, -0.2) is 0 Å². The second-order valence-corrected chi connectivity index (χ2v) is 5.17. The van der Waals surface area contributed by atoms with Crippen LogP contribution < -0.4 is 5.32 Å². The largest absolute Gasteiger partial charge is 0.464 e. The highest BCUT2D eigenvalue weighted by molar-refractivity contribution is 7.00. The van der Waals surface area contributed by atoms with E-state index in [0.29, 0.717) is 16.8 Å². The minimum absolute atomic E-state index is 0.0825. The second kappa shape index (κ2) is 5.63. The average Bonchev–Trinajstić information content (AvgIpc) is 3.12. The fourth-order valence-electron chi connectivity index (χ4n) is 1.95. The maximum absolute atomic E-state index is 12.1. The van der Waals surface area contributed by atoms with E-state index in [9.17, 15) is 9.90 Å². The van der Waals surface area contributed by atoms with E-state index in [2.05, 4.69) is 14.1 Å².